The van der Waals surface area contributed by atoms with Crippen LogP contribution in [0.1, 0.15) is 52.2 Å². The molecular weight excluding hydrogens is 522 g/mol. The lowest BCUT2D eigenvalue weighted by atomic mass is 9.81. The number of thiazole rings is 1. The Kier molecular flexibility index (Phi) is 7.59. The van der Waals surface area contributed by atoms with Crippen molar-refractivity contribution in [2.75, 3.05) is 19.6 Å². The number of halogens is 6. The molecule has 1 aromatic heterocycles. The third kappa shape index (κ3) is 6.27. The van der Waals surface area contributed by atoms with E-state index in [1.165, 1.54) is 11.3 Å². The van der Waals surface area contributed by atoms with Crippen LogP contribution in [0.25, 0.3) is 0 Å². The molecule has 6 nitrogen and oxygen atoms in total. The van der Waals surface area contributed by atoms with Crippen LogP contribution in [0, 0.1) is 0 Å². The van der Waals surface area contributed by atoms with Gasteiger partial charge in [-0.1, -0.05) is 6.58 Å². The molecule has 1 aliphatic heterocycles. The van der Waals surface area contributed by atoms with Crippen LogP contribution in [0.5, 0.6) is 0 Å². The predicted molar refractivity (Wildman–Crippen MR) is 125 cm³/mol. The van der Waals surface area contributed by atoms with E-state index in [0.29, 0.717) is 43.7 Å². The van der Waals surface area contributed by atoms with Gasteiger partial charge in [-0.2, -0.15) is 26.3 Å². The summed E-state index contributed by atoms with van der Waals surface area (Å²) in [6.45, 7) is 4.91. The molecule has 0 atom stereocenters. The van der Waals surface area contributed by atoms with Gasteiger partial charge in [-0.25, -0.2) is 4.98 Å². The molecule has 1 saturated carbocycles. The minimum atomic E-state index is -4.99. The molecule has 0 spiro atoms. The summed E-state index contributed by atoms with van der Waals surface area (Å²) in [6.07, 6.45) is -5.33. The Morgan fingerprint density at radius 2 is 1.84 bits per heavy atom. The Hall–Kier alpha value is -2.64. The minimum Gasteiger partial charge on any atom is -0.383 e. The van der Waals surface area contributed by atoms with Crippen molar-refractivity contribution in [1.82, 2.24) is 20.5 Å². The summed E-state index contributed by atoms with van der Waals surface area (Å²) < 4.78 is 78.7. The van der Waals surface area contributed by atoms with Crippen LogP contribution in [-0.2, 0) is 18.0 Å². The van der Waals surface area contributed by atoms with E-state index in [1.807, 2.05) is 5.38 Å². The number of amides is 1. The van der Waals surface area contributed by atoms with Crippen molar-refractivity contribution in [3.8, 4) is 0 Å². The highest BCUT2D eigenvalue weighted by Crippen LogP contribution is 2.40. The highest BCUT2D eigenvalue weighted by Gasteiger charge is 2.42. The van der Waals surface area contributed by atoms with E-state index in [0.717, 1.165) is 17.8 Å². The van der Waals surface area contributed by atoms with Crippen molar-refractivity contribution < 1.29 is 36.2 Å². The quantitative estimate of drug-likeness (QED) is 0.444. The second kappa shape index (κ2) is 10.3. The van der Waals surface area contributed by atoms with Gasteiger partial charge in [0.05, 0.1) is 29.3 Å². The lowest BCUT2D eigenvalue weighted by Gasteiger charge is -2.48. The number of nitrogens with zero attached hydrogens (tertiary/aromatic N) is 2. The maximum atomic E-state index is 13.3. The molecule has 1 aliphatic carbocycles. The Labute approximate surface area is 213 Å². The van der Waals surface area contributed by atoms with Gasteiger partial charge in [0.15, 0.2) is 0 Å². The van der Waals surface area contributed by atoms with Gasteiger partial charge in [0.1, 0.15) is 10.6 Å². The number of hydrogen-bond acceptors (Lipinski definition) is 6. The van der Waals surface area contributed by atoms with Gasteiger partial charge in [0.25, 0.3) is 5.91 Å². The van der Waals surface area contributed by atoms with E-state index in [9.17, 15) is 36.2 Å². The van der Waals surface area contributed by atoms with Gasteiger partial charge >= 0.3 is 12.4 Å². The van der Waals surface area contributed by atoms with E-state index in [-0.39, 0.29) is 24.7 Å². The van der Waals surface area contributed by atoms with Crippen LogP contribution >= 0.6 is 11.3 Å². The molecule has 4 rings (SSSR count). The van der Waals surface area contributed by atoms with Gasteiger partial charge < -0.3 is 15.7 Å². The molecule has 1 saturated heterocycles. The summed E-state index contributed by atoms with van der Waals surface area (Å²) in [5, 5.41) is 18.8. The molecule has 2 aromatic rings. The van der Waals surface area contributed by atoms with Crippen LogP contribution in [0.15, 0.2) is 42.1 Å². The molecule has 13 heteroatoms. The largest absolute Gasteiger partial charge is 0.417 e. The number of likely N-dealkylation sites (tertiary alicyclic amines) is 1. The van der Waals surface area contributed by atoms with Gasteiger partial charge in [0.2, 0.25) is 0 Å². The van der Waals surface area contributed by atoms with E-state index in [4.69, 9.17) is 0 Å². The maximum Gasteiger partial charge on any atom is 0.417 e. The fraction of sp³-hybridized carbons (Fsp3) is 0.500. The Balaban J connectivity index is 1.25. The highest BCUT2D eigenvalue weighted by molar-refractivity contribution is 7.09. The monoisotopic (exact) mass is 548 g/mol. The number of nitrogens with one attached hydrogen (secondary N) is 2. The van der Waals surface area contributed by atoms with Crippen molar-refractivity contribution >= 4 is 17.2 Å². The third-order valence-corrected chi connectivity index (χ3v) is 7.77. The average molecular weight is 549 g/mol. The molecule has 3 N–H and O–H groups in total. The fourth-order valence-electron chi connectivity index (χ4n) is 4.79. The predicted octanol–water partition coefficient (Wildman–Crippen LogP) is 4.53. The molecule has 2 heterocycles. The minimum absolute atomic E-state index is 0.0171. The van der Waals surface area contributed by atoms with Crippen LogP contribution < -0.4 is 10.6 Å². The highest BCUT2D eigenvalue weighted by atomic mass is 32.1. The molecule has 0 bridgehead atoms. The summed E-state index contributed by atoms with van der Waals surface area (Å²) in [6, 6.07) is 1.10. The van der Waals surface area contributed by atoms with E-state index < -0.39 is 40.6 Å². The average Bonchev–Trinajstić information content (AvgIpc) is 3.35. The second-order valence-electron chi connectivity index (χ2n) is 9.44. The van der Waals surface area contributed by atoms with Crippen molar-refractivity contribution in [3.05, 3.63) is 63.7 Å². The number of aromatic nitrogens is 1. The first-order valence-electron chi connectivity index (χ1n) is 11.6. The summed E-state index contributed by atoms with van der Waals surface area (Å²) in [5.41, 5.74) is -4.43. The first-order chi connectivity index (χ1) is 17.3. The number of carbonyl (C=O) groups is 1. The maximum absolute atomic E-state index is 13.3. The summed E-state index contributed by atoms with van der Waals surface area (Å²) in [4.78, 5) is 18.9. The first kappa shape index (κ1) is 27.4. The zero-order valence-electron chi connectivity index (χ0n) is 19.6. The normalized spacial score (nSPS) is 23.4. The van der Waals surface area contributed by atoms with E-state index in [1.54, 1.807) is 6.20 Å². The van der Waals surface area contributed by atoms with Crippen LogP contribution in [-0.4, -0.2) is 52.6 Å². The summed E-state index contributed by atoms with van der Waals surface area (Å²) in [5.74, 6) is -1.27. The van der Waals surface area contributed by atoms with E-state index >= 15 is 0 Å². The van der Waals surface area contributed by atoms with Crippen molar-refractivity contribution in [2.45, 2.75) is 55.7 Å². The molecule has 1 aromatic carbocycles. The SMILES string of the molecule is C=C(CNC(=O)c1cc(C(F)(F)F)ccc1C(F)(F)F)NC1CN(C2CCC(O)(c3nccs3)CC2)C1. The molecule has 2 aliphatic rings. The fourth-order valence-corrected chi connectivity index (χ4v) is 5.59. The summed E-state index contributed by atoms with van der Waals surface area (Å²) >= 11 is 1.44. The standard InChI is InChI=1S/C24H26F6N4O2S/c1-14(11-32-20(35)18-10-15(23(25,26)27)2-3-19(18)24(28,29)30)33-16-12-34(13-16)17-4-6-22(36,7-5-17)21-31-8-9-37-21/h2-3,8-10,16-17,33,36H,1,4-7,11-13H2,(H,32,35). The molecule has 37 heavy (non-hydrogen) atoms. The van der Waals surface area contributed by atoms with Crippen molar-refractivity contribution in [3.63, 3.8) is 0 Å². The van der Waals surface area contributed by atoms with Gasteiger partial charge in [0, 0.05) is 36.4 Å². The number of rotatable bonds is 7. The number of carbonyl (C=O) groups excluding carboxylic acids is 1. The van der Waals surface area contributed by atoms with Crippen molar-refractivity contribution in [1.29, 1.82) is 0 Å². The first-order valence-corrected chi connectivity index (χ1v) is 12.5. The Bertz CT molecular complexity index is 1120. The Morgan fingerprint density at radius 3 is 2.41 bits per heavy atom. The van der Waals surface area contributed by atoms with Crippen LogP contribution in [0.4, 0.5) is 26.3 Å². The van der Waals surface area contributed by atoms with Gasteiger partial charge in [-0.3, -0.25) is 9.69 Å². The molecule has 202 valence electrons. The molecule has 2 fully saturated rings. The molecule has 1 amide bonds. The van der Waals surface area contributed by atoms with Gasteiger partial charge in [-0.05, 0) is 43.9 Å². The lowest BCUT2D eigenvalue weighted by Crippen LogP contribution is -2.62. The number of hydrogen-bond donors (Lipinski definition) is 3. The summed E-state index contributed by atoms with van der Waals surface area (Å²) in [7, 11) is 0. The number of benzene rings is 1. The van der Waals surface area contributed by atoms with Crippen LogP contribution in [0.3, 0.4) is 0 Å². The topological polar surface area (TPSA) is 77.5 Å². The zero-order chi connectivity index (χ0) is 27.0. The number of aliphatic hydroxyl groups is 1. The zero-order valence-corrected chi connectivity index (χ0v) is 20.4. The Morgan fingerprint density at radius 1 is 1.16 bits per heavy atom. The molecule has 0 unspecified atom stereocenters. The van der Waals surface area contributed by atoms with Gasteiger partial charge in [-0.15, -0.1) is 11.3 Å². The number of alkyl halides is 6. The van der Waals surface area contributed by atoms with Crippen LogP contribution in [0.2, 0.25) is 0 Å². The van der Waals surface area contributed by atoms with Crippen molar-refractivity contribution in [2.24, 2.45) is 0 Å². The smallest absolute Gasteiger partial charge is 0.383 e. The third-order valence-electron chi connectivity index (χ3n) is 6.81. The molecular formula is C24H26F6N4O2S. The molecule has 0 radical (unpaired) electrons. The van der Waals surface area contributed by atoms with E-state index in [2.05, 4.69) is 27.1 Å². The lowest BCUT2D eigenvalue weighted by molar-refractivity contribution is -0.141. The second-order valence-corrected chi connectivity index (χ2v) is 10.3.